The normalized spacial score (nSPS) is 14.2. The number of carbonyl (C=O) groups is 3. The molecule has 0 aromatic heterocycles. The smallest absolute Gasteiger partial charge is 0.330 e. The monoisotopic (exact) mass is 801 g/mol. The van der Waals surface area contributed by atoms with E-state index in [0.717, 1.165) is 34.1 Å². The van der Waals surface area contributed by atoms with E-state index in [2.05, 4.69) is 10.0 Å². The number of likely N-dealkylation sites (N-methyl/N-ethyl adjacent to an activating group) is 2. The van der Waals surface area contributed by atoms with Crippen LogP contribution < -0.4 is 43.5 Å². The third-order valence-electron chi connectivity index (χ3n) is 8.64. The van der Waals surface area contributed by atoms with Gasteiger partial charge in [-0.25, -0.2) is 27.1 Å². The number of hydrogen-bond donors (Lipinski definition) is 3. The summed E-state index contributed by atoms with van der Waals surface area (Å²) >= 11 is 0. The molecule has 0 spiro atoms. The molecule has 2 aliphatic heterocycles. The standard InChI is InChI=1S/C37H35F4N5O9S/c1-45(27-3-5-31-33(19-27)54-9-7-52-31)35(47)29(15-21-11-23(38)17-24(39)12-21)42-37(49)44-56(50,51)43-30(16-22-13-25(40)18-26(41)14-22)36(48)46(2)28-4-6-32-34(20-28)55-10-8-53-32/h3-6,11-14,17-20,29-30,43H,7-10,15-16H2,1-2H3,(H2,42,44,49)/t29-,30-/m0/s1. The Kier molecular flexibility index (Phi) is 11.8. The van der Waals surface area contributed by atoms with E-state index in [1.54, 1.807) is 16.9 Å². The Morgan fingerprint density at radius 2 is 1.00 bits per heavy atom. The largest absolute Gasteiger partial charge is 0.486 e. The van der Waals surface area contributed by atoms with Crippen molar-refractivity contribution in [2.24, 2.45) is 0 Å². The summed E-state index contributed by atoms with van der Waals surface area (Å²) in [6.07, 6.45) is -1.06. The molecule has 0 saturated heterocycles. The molecule has 0 bridgehead atoms. The van der Waals surface area contributed by atoms with E-state index in [1.165, 1.54) is 38.4 Å². The minimum Gasteiger partial charge on any atom is -0.486 e. The van der Waals surface area contributed by atoms with Crippen LogP contribution in [-0.2, 0) is 32.6 Å². The summed E-state index contributed by atoms with van der Waals surface area (Å²) in [5.74, 6) is -4.11. The third kappa shape index (κ3) is 9.77. The molecule has 0 fully saturated rings. The second kappa shape index (κ2) is 16.7. The predicted molar refractivity (Wildman–Crippen MR) is 193 cm³/mol. The second-order valence-electron chi connectivity index (χ2n) is 12.7. The van der Waals surface area contributed by atoms with E-state index < -0.39 is 76.2 Å². The first-order valence-electron chi connectivity index (χ1n) is 17.0. The van der Waals surface area contributed by atoms with E-state index in [0.29, 0.717) is 48.3 Å². The van der Waals surface area contributed by atoms with Crippen molar-refractivity contribution in [3.05, 3.63) is 107 Å². The molecule has 19 heteroatoms. The lowest BCUT2D eigenvalue weighted by molar-refractivity contribution is -0.120. The molecule has 0 aliphatic carbocycles. The number of halogens is 4. The van der Waals surface area contributed by atoms with Crippen LogP contribution >= 0.6 is 0 Å². The van der Waals surface area contributed by atoms with Gasteiger partial charge in [-0.1, -0.05) is 0 Å². The maximum atomic E-state index is 14.2. The molecule has 4 aromatic carbocycles. The fraction of sp³-hybridized carbons (Fsp3) is 0.270. The Morgan fingerprint density at radius 1 is 0.607 bits per heavy atom. The molecule has 6 rings (SSSR count). The molecular weight excluding hydrogens is 766 g/mol. The molecule has 2 atom stereocenters. The van der Waals surface area contributed by atoms with Crippen LogP contribution in [0.3, 0.4) is 0 Å². The highest BCUT2D eigenvalue weighted by Gasteiger charge is 2.32. The van der Waals surface area contributed by atoms with E-state index >= 15 is 0 Å². The van der Waals surface area contributed by atoms with Crippen LogP contribution in [0.1, 0.15) is 11.1 Å². The summed E-state index contributed by atoms with van der Waals surface area (Å²) in [4.78, 5) is 43.2. The minimum atomic E-state index is -5.00. The zero-order valence-electron chi connectivity index (χ0n) is 29.8. The number of hydrogen-bond acceptors (Lipinski definition) is 9. The summed E-state index contributed by atoms with van der Waals surface area (Å²) in [5, 5.41) is 2.24. The van der Waals surface area contributed by atoms with Crippen LogP contribution in [0.4, 0.5) is 33.7 Å². The SMILES string of the molecule is CN(C(=O)[C@H](Cc1cc(F)cc(F)c1)NC(=O)NS(=O)(=O)N[C@@H](Cc1cc(F)cc(F)c1)C(=O)N(C)c1ccc2c(c1)OCCO2)c1ccc2c(c1)OCCO2. The van der Waals surface area contributed by atoms with E-state index in [1.807, 2.05) is 0 Å². The first-order valence-corrected chi connectivity index (χ1v) is 18.5. The predicted octanol–water partition coefficient (Wildman–Crippen LogP) is 3.77. The molecule has 3 N–H and O–H groups in total. The van der Waals surface area contributed by atoms with Gasteiger partial charge in [-0.3, -0.25) is 9.59 Å². The number of carbonyl (C=O) groups excluding carboxylic acids is 3. The highest BCUT2D eigenvalue weighted by Crippen LogP contribution is 2.35. The molecule has 0 saturated carbocycles. The number of benzene rings is 4. The van der Waals surface area contributed by atoms with Gasteiger partial charge in [0.1, 0.15) is 61.8 Å². The van der Waals surface area contributed by atoms with Crippen molar-refractivity contribution >= 4 is 39.4 Å². The molecule has 0 radical (unpaired) electrons. The summed E-state index contributed by atoms with van der Waals surface area (Å²) < 4.78 is 109. The fourth-order valence-corrected chi connectivity index (χ4v) is 6.96. The number of ether oxygens (including phenoxy) is 4. The number of amides is 4. The van der Waals surface area contributed by atoms with Crippen LogP contribution in [-0.4, -0.2) is 78.9 Å². The van der Waals surface area contributed by atoms with Crippen LogP contribution in [0.15, 0.2) is 72.8 Å². The van der Waals surface area contributed by atoms with Crippen LogP contribution in [0.25, 0.3) is 0 Å². The topological polar surface area (TPSA) is 165 Å². The minimum absolute atomic E-state index is 0.0483. The van der Waals surface area contributed by atoms with Gasteiger partial charge in [-0.15, -0.1) is 0 Å². The fourth-order valence-electron chi connectivity index (χ4n) is 6.04. The average molecular weight is 802 g/mol. The first kappa shape index (κ1) is 39.6. The second-order valence-corrected chi connectivity index (χ2v) is 14.2. The number of fused-ring (bicyclic) bond motifs is 2. The van der Waals surface area contributed by atoms with E-state index in [-0.39, 0.29) is 35.7 Å². The first-order chi connectivity index (χ1) is 26.6. The van der Waals surface area contributed by atoms with Gasteiger partial charge in [0.2, 0.25) is 11.8 Å². The van der Waals surface area contributed by atoms with Gasteiger partial charge in [-0.2, -0.15) is 13.1 Å². The lowest BCUT2D eigenvalue weighted by Gasteiger charge is -2.27. The Balaban J connectivity index is 1.23. The highest BCUT2D eigenvalue weighted by molar-refractivity contribution is 7.88. The van der Waals surface area contributed by atoms with Gasteiger partial charge >= 0.3 is 16.2 Å². The molecule has 56 heavy (non-hydrogen) atoms. The average Bonchev–Trinajstić information content (AvgIpc) is 3.14. The Morgan fingerprint density at radius 3 is 1.45 bits per heavy atom. The lowest BCUT2D eigenvalue weighted by atomic mass is 10.0. The summed E-state index contributed by atoms with van der Waals surface area (Å²) in [5.41, 5.74) is 0.381. The van der Waals surface area contributed by atoms with E-state index in [9.17, 15) is 40.4 Å². The molecule has 296 valence electrons. The molecule has 2 heterocycles. The van der Waals surface area contributed by atoms with Crippen LogP contribution in [0.2, 0.25) is 0 Å². The van der Waals surface area contributed by atoms with Gasteiger partial charge in [-0.05, 0) is 66.1 Å². The van der Waals surface area contributed by atoms with Crippen molar-refractivity contribution in [3.63, 3.8) is 0 Å². The summed E-state index contributed by atoms with van der Waals surface area (Å²) in [7, 11) is -2.32. The number of nitrogens with zero attached hydrogens (tertiary/aromatic N) is 2. The van der Waals surface area contributed by atoms with Gasteiger partial charge in [0, 0.05) is 56.2 Å². The van der Waals surface area contributed by atoms with Crippen molar-refractivity contribution in [1.29, 1.82) is 0 Å². The molecule has 4 aromatic rings. The number of anilines is 2. The van der Waals surface area contributed by atoms with Crippen molar-refractivity contribution in [3.8, 4) is 23.0 Å². The zero-order valence-corrected chi connectivity index (χ0v) is 30.6. The maximum Gasteiger partial charge on any atom is 0.330 e. The molecule has 0 unspecified atom stereocenters. The Hall–Kier alpha value is -6.08. The van der Waals surface area contributed by atoms with Crippen molar-refractivity contribution in [2.45, 2.75) is 24.9 Å². The highest BCUT2D eigenvalue weighted by atomic mass is 32.2. The quantitative estimate of drug-likeness (QED) is 0.181. The number of rotatable bonds is 12. The van der Waals surface area contributed by atoms with Crippen LogP contribution in [0.5, 0.6) is 23.0 Å². The van der Waals surface area contributed by atoms with Crippen molar-refractivity contribution < 1.29 is 59.3 Å². The summed E-state index contributed by atoms with van der Waals surface area (Å²) in [6, 6.07) is 9.20. The van der Waals surface area contributed by atoms with Gasteiger partial charge < -0.3 is 34.1 Å². The number of nitrogens with one attached hydrogen (secondary N) is 3. The zero-order chi connectivity index (χ0) is 40.1. The molecule has 4 amide bonds. The van der Waals surface area contributed by atoms with Gasteiger partial charge in [0.25, 0.3) is 0 Å². The van der Waals surface area contributed by atoms with Crippen molar-refractivity contribution in [1.82, 2.24) is 14.8 Å². The Bertz CT molecular complexity index is 2220. The third-order valence-corrected chi connectivity index (χ3v) is 9.69. The summed E-state index contributed by atoms with van der Waals surface area (Å²) in [6.45, 7) is 1.13. The lowest BCUT2D eigenvalue weighted by Crippen LogP contribution is -2.57. The molecular formula is C37H35F4N5O9S. The molecule has 14 nitrogen and oxygen atoms in total. The van der Waals surface area contributed by atoms with Crippen molar-refractivity contribution in [2.75, 3.05) is 50.3 Å². The van der Waals surface area contributed by atoms with E-state index in [4.69, 9.17) is 18.9 Å². The maximum absolute atomic E-state index is 14.2. The van der Waals surface area contributed by atoms with Crippen LogP contribution in [0, 0.1) is 23.3 Å². The molecule has 2 aliphatic rings. The van der Waals surface area contributed by atoms with Gasteiger partial charge in [0.15, 0.2) is 23.0 Å². The van der Waals surface area contributed by atoms with Gasteiger partial charge in [0.05, 0.1) is 0 Å². The Labute approximate surface area is 318 Å². The number of urea groups is 1.